The van der Waals surface area contributed by atoms with Gasteiger partial charge in [-0.1, -0.05) is 20.8 Å². The summed E-state index contributed by atoms with van der Waals surface area (Å²) in [6.07, 6.45) is 5.15. The van der Waals surface area contributed by atoms with Gasteiger partial charge in [0.05, 0.1) is 31.1 Å². The standard InChI is InChI=1S/C15H27N3O2/c1-5-9-18-12-16-11-14(18)13(17(6-2)7-3)10-15(19)20-8-4/h11-13H,5-10H2,1-4H3. The van der Waals surface area contributed by atoms with Gasteiger partial charge < -0.3 is 9.30 Å². The van der Waals surface area contributed by atoms with Gasteiger partial charge in [-0.05, 0) is 26.4 Å². The molecule has 1 aromatic heterocycles. The van der Waals surface area contributed by atoms with Crippen LogP contribution in [0.3, 0.4) is 0 Å². The largest absolute Gasteiger partial charge is 0.466 e. The zero-order valence-electron chi connectivity index (χ0n) is 13.1. The molecule has 1 rings (SSSR count). The summed E-state index contributed by atoms with van der Waals surface area (Å²) in [5, 5.41) is 0. The fourth-order valence-corrected chi connectivity index (χ4v) is 2.50. The molecular weight excluding hydrogens is 254 g/mol. The molecule has 0 N–H and O–H groups in total. The zero-order valence-corrected chi connectivity index (χ0v) is 13.1. The highest BCUT2D eigenvalue weighted by Crippen LogP contribution is 2.24. The second-order valence-corrected chi connectivity index (χ2v) is 4.76. The van der Waals surface area contributed by atoms with E-state index in [-0.39, 0.29) is 12.0 Å². The highest BCUT2D eigenvalue weighted by molar-refractivity contribution is 5.70. The smallest absolute Gasteiger partial charge is 0.307 e. The Hall–Kier alpha value is -1.36. The molecule has 0 saturated carbocycles. The Morgan fingerprint density at radius 2 is 2.05 bits per heavy atom. The first-order chi connectivity index (χ1) is 9.67. The van der Waals surface area contributed by atoms with Gasteiger partial charge in [0.1, 0.15) is 0 Å². The van der Waals surface area contributed by atoms with Crippen molar-refractivity contribution in [1.82, 2.24) is 14.5 Å². The second-order valence-electron chi connectivity index (χ2n) is 4.76. The molecule has 0 aliphatic rings. The molecule has 1 atom stereocenters. The van der Waals surface area contributed by atoms with Crippen molar-refractivity contribution >= 4 is 5.97 Å². The van der Waals surface area contributed by atoms with E-state index in [4.69, 9.17) is 4.74 Å². The summed E-state index contributed by atoms with van der Waals surface area (Å²) < 4.78 is 7.26. The number of rotatable bonds is 9. The molecule has 20 heavy (non-hydrogen) atoms. The third-order valence-corrected chi connectivity index (χ3v) is 3.47. The summed E-state index contributed by atoms with van der Waals surface area (Å²) in [6.45, 7) is 11.4. The van der Waals surface area contributed by atoms with Crippen LogP contribution in [0.15, 0.2) is 12.5 Å². The minimum atomic E-state index is -0.145. The lowest BCUT2D eigenvalue weighted by Crippen LogP contribution is -2.32. The molecule has 0 amide bonds. The van der Waals surface area contributed by atoms with Gasteiger partial charge in [0.2, 0.25) is 0 Å². The normalized spacial score (nSPS) is 12.7. The predicted molar refractivity (Wildman–Crippen MR) is 79.4 cm³/mol. The van der Waals surface area contributed by atoms with Crippen molar-refractivity contribution in [2.24, 2.45) is 0 Å². The maximum atomic E-state index is 11.9. The quantitative estimate of drug-likeness (QED) is 0.653. The van der Waals surface area contributed by atoms with Gasteiger partial charge >= 0.3 is 5.97 Å². The molecule has 1 unspecified atom stereocenters. The molecule has 0 saturated heterocycles. The monoisotopic (exact) mass is 281 g/mol. The Morgan fingerprint density at radius 3 is 2.60 bits per heavy atom. The van der Waals surface area contributed by atoms with Crippen molar-refractivity contribution in [2.45, 2.75) is 53.1 Å². The zero-order chi connectivity index (χ0) is 15.0. The van der Waals surface area contributed by atoms with Crippen LogP contribution in [0.2, 0.25) is 0 Å². The van der Waals surface area contributed by atoms with Crippen LogP contribution in [0.5, 0.6) is 0 Å². The lowest BCUT2D eigenvalue weighted by Gasteiger charge is -2.29. The molecule has 0 aliphatic heterocycles. The summed E-state index contributed by atoms with van der Waals surface area (Å²) in [7, 11) is 0. The van der Waals surface area contributed by atoms with E-state index in [1.165, 1.54) is 0 Å². The average Bonchev–Trinajstić information content (AvgIpc) is 2.88. The van der Waals surface area contributed by atoms with Crippen molar-refractivity contribution in [1.29, 1.82) is 0 Å². The third-order valence-electron chi connectivity index (χ3n) is 3.47. The number of nitrogens with zero attached hydrogens (tertiary/aromatic N) is 3. The first kappa shape index (κ1) is 16.7. The summed E-state index contributed by atoms with van der Waals surface area (Å²) >= 11 is 0. The van der Waals surface area contributed by atoms with Crippen LogP contribution >= 0.6 is 0 Å². The number of hydrogen-bond donors (Lipinski definition) is 0. The molecule has 0 bridgehead atoms. The Bertz CT molecular complexity index is 400. The maximum Gasteiger partial charge on any atom is 0.307 e. The molecule has 5 heteroatoms. The second kappa shape index (κ2) is 8.74. The average molecular weight is 281 g/mol. The van der Waals surface area contributed by atoms with Gasteiger partial charge in [-0.15, -0.1) is 0 Å². The van der Waals surface area contributed by atoms with Crippen LogP contribution < -0.4 is 0 Å². The van der Waals surface area contributed by atoms with Crippen LogP contribution in [0.4, 0.5) is 0 Å². The fourth-order valence-electron chi connectivity index (χ4n) is 2.50. The van der Waals surface area contributed by atoms with E-state index < -0.39 is 0 Å². The van der Waals surface area contributed by atoms with E-state index in [9.17, 15) is 4.79 Å². The van der Waals surface area contributed by atoms with E-state index in [1.807, 2.05) is 19.4 Å². The Morgan fingerprint density at radius 1 is 1.35 bits per heavy atom. The minimum absolute atomic E-state index is 0.0399. The number of aromatic nitrogens is 2. The van der Waals surface area contributed by atoms with Crippen LogP contribution in [-0.4, -0.2) is 40.1 Å². The van der Waals surface area contributed by atoms with Crippen LogP contribution in [-0.2, 0) is 16.1 Å². The van der Waals surface area contributed by atoms with E-state index >= 15 is 0 Å². The fraction of sp³-hybridized carbons (Fsp3) is 0.733. The van der Waals surface area contributed by atoms with Crippen LogP contribution in [0.25, 0.3) is 0 Å². The van der Waals surface area contributed by atoms with Crippen LogP contribution in [0.1, 0.15) is 52.3 Å². The molecular formula is C15H27N3O2. The van der Waals surface area contributed by atoms with Crippen LogP contribution in [0, 0.1) is 0 Å². The third kappa shape index (κ3) is 4.34. The molecule has 0 spiro atoms. The number of carbonyl (C=O) groups is 1. The van der Waals surface area contributed by atoms with Crippen molar-refractivity contribution in [3.63, 3.8) is 0 Å². The van der Waals surface area contributed by atoms with E-state index in [0.717, 1.165) is 31.7 Å². The topological polar surface area (TPSA) is 47.4 Å². The highest BCUT2D eigenvalue weighted by atomic mass is 16.5. The van der Waals surface area contributed by atoms with Gasteiger partial charge in [-0.3, -0.25) is 9.69 Å². The number of carbonyl (C=O) groups excluding carboxylic acids is 1. The molecule has 1 heterocycles. The number of esters is 1. The molecule has 1 aromatic rings. The van der Waals surface area contributed by atoms with Gasteiger partial charge in [0.15, 0.2) is 0 Å². The van der Waals surface area contributed by atoms with Gasteiger partial charge in [-0.2, -0.15) is 0 Å². The highest BCUT2D eigenvalue weighted by Gasteiger charge is 2.24. The first-order valence-electron chi connectivity index (χ1n) is 7.57. The maximum absolute atomic E-state index is 11.9. The van der Waals surface area contributed by atoms with Gasteiger partial charge in [0.25, 0.3) is 0 Å². The Balaban J connectivity index is 2.96. The molecule has 0 aliphatic carbocycles. The number of hydrogen-bond acceptors (Lipinski definition) is 4. The first-order valence-corrected chi connectivity index (χ1v) is 7.57. The molecule has 5 nitrogen and oxygen atoms in total. The van der Waals surface area contributed by atoms with Crippen molar-refractivity contribution < 1.29 is 9.53 Å². The SMILES string of the molecule is CCCn1cncc1C(CC(=O)OCC)N(CC)CC. The summed E-state index contributed by atoms with van der Waals surface area (Å²) in [5.41, 5.74) is 1.10. The number of aryl methyl sites for hydroxylation is 1. The van der Waals surface area contributed by atoms with E-state index in [1.54, 1.807) is 0 Å². The summed E-state index contributed by atoms with van der Waals surface area (Å²) in [6, 6.07) is 0.0399. The molecule has 0 aromatic carbocycles. The van der Waals surface area contributed by atoms with Crippen molar-refractivity contribution in [2.75, 3.05) is 19.7 Å². The molecule has 114 valence electrons. The number of imidazole rings is 1. The van der Waals surface area contributed by atoms with Crippen molar-refractivity contribution in [3.05, 3.63) is 18.2 Å². The summed E-state index contributed by atoms with van der Waals surface area (Å²) in [4.78, 5) is 18.4. The summed E-state index contributed by atoms with van der Waals surface area (Å²) in [5.74, 6) is -0.145. The predicted octanol–water partition coefficient (Wildman–Crippen LogP) is 2.63. The van der Waals surface area contributed by atoms with E-state index in [2.05, 4.69) is 35.2 Å². The lowest BCUT2D eigenvalue weighted by molar-refractivity contribution is -0.144. The van der Waals surface area contributed by atoms with E-state index in [0.29, 0.717) is 13.0 Å². The molecule has 0 fully saturated rings. The minimum Gasteiger partial charge on any atom is -0.466 e. The Labute approximate surface area is 121 Å². The van der Waals surface area contributed by atoms with Gasteiger partial charge in [0, 0.05) is 12.7 Å². The van der Waals surface area contributed by atoms with Crippen molar-refractivity contribution in [3.8, 4) is 0 Å². The molecule has 0 radical (unpaired) electrons. The van der Waals surface area contributed by atoms with Gasteiger partial charge in [-0.25, -0.2) is 4.98 Å². The lowest BCUT2D eigenvalue weighted by atomic mass is 10.1. The number of ether oxygens (including phenoxy) is 1. The Kier molecular flexibility index (Phi) is 7.30.